The maximum Gasteiger partial charge on any atom is 0.341 e. The highest BCUT2D eigenvalue weighted by Crippen LogP contribution is 2.24. The van der Waals surface area contributed by atoms with E-state index in [0.29, 0.717) is 12.3 Å². The Morgan fingerprint density at radius 1 is 1.30 bits per heavy atom. The molecule has 0 aliphatic carbocycles. The van der Waals surface area contributed by atoms with Crippen molar-refractivity contribution >= 4 is 16.0 Å². The number of nitrogens with two attached hydrogens (primary N) is 1. The molecule has 23 heavy (non-hydrogen) atoms. The van der Waals surface area contributed by atoms with E-state index in [0.717, 1.165) is 0 Å². The van der Waals surface area contributed by atoms with Crippen LogP contribution in [0.5, 0.6) is 5.75 Å². The molecule has 0 bridgehead atoms. The Bertz CT molecular complexity index is 643. The molecular weight excluding hydrogens is 320 g/mol. The van der Waals surface area contributed by atoms with Gasteiger partial charge in [-0.25, -0.2) is 17.9 Å². The molecule has 0 aliphatic rings. The molecule has 1 unspecified atom stereocenters. The van der Waals surface area contributed by atoms with E-state index in [2.05, 4.69) is 9.46 Å². The fourth-order valence-electron chi connectivity index (χ4n) is 2.17. The number of esters is 1. The summed E-state index contributed by atoms with van der Waals surface area (Å²) in [4.78, 5) is 11.6. The summed E-state index contributed by atoms with van der Waals surface area (Å²) < 4.78 is 37.2. The van der Waals surface area contributed by atoms with Gasteiger partial charge in [-0.05, 0) is 24.5 Å². The number of nitrogens with one attached hydrogen (secondary N) is 1. The van der Waals surface area contributed by atoms with E-state index in [-0.39, 0.29) is 28.8 Å². The van der Waals surface area contributed by atoms with Crippen molar-refractivity contribution in [2.75, 3.05) is 20.8 Å². The number of hydrogen-bond donors (Lipinski definition) is 2. The van der Waals surface area contributed by atoms with E-state index in [9.17, 15) is 13.2 Å². The fraction of sp³-hybridized carbons (Fsp3) is 0.533. The zero-order valence-electron chi connectivity index (χ0n) is 13.8. The Hall–Kier alpha value is -1.64. The molecule has 0 radical (unpaired) electrons. The highest BCUT2D eigenvalue weighted by Gasteiger charge is 2.22. The van der Waals surface area contributed by atoms with Gasteiger partial charge in [0, 0.05) is 18.7 Å². The molecule has 0 saturated heterocycles. The molecule has 0 aliphatic heterocycles. The zero-order chi connectivity index (χ0) is 17.6. The molecule has 1 atom stereocenters. The first-order valence-electron chi connectivity index (χ1n) is 7.23. The summed E-state index contributed by atoms with van der Waals surface area (Å²) in [5.74, 6) is -0.159. The van der Waals surface area contributed by atoms with Crippen molar-refractivity contribution in [2.24, 2.45) is 11.7 Å². The maximum atomic E-state index is 12.5. The predicted molar refractivity (Wildman–Crippen MR) is 87.0 cm³/mol. The van der Waals surface area contributed by atoms with Crippen LogP contribution in [0.2, 0.25) is 0 Å². The minimum atomic E-state index is -3.76. The summed E-state index contributed by atoms with van der Waals surface area (Å²) in [7, 11) is -1.17. The molecule has 0 amide bonds. The first-order chi connectivity index (χ1) is 10.7. The molecule has 0 saturated carbocycles. The van der Waals surface area contributed by atoms with Crippen molar-refractivity contribution < 1.29 is 22.7 Å². The third-order valence-corrected chi connectivity index (χ3v) is 4.77. The number of benzene rings is 1. The summed E-state index contributed by atoms with van der Waals surface area (Å²) >= 11 is 0. The molecule has 8 heteroatoms. The predicted octanol–water partition coefficient (Wildman–Crippen LogP) is 1.13. The number of carbonyl (C=O) groups is 1. The van der Waals surface area contributed by atoms with Crippen molar-refractivity contribution in [1.29, 1.82) is 0 Å². The highest BCUT2D eigenvalue weighted by atomic mass is 32.2. The molecule has 1 rings (SSSR count). The van der Waals surface area contributed by atoms with E-state index < -0.39 is 16.0 Å². The Balaban J connectivity index is 3.11. The van der Waals surface area contributed by atoms with E-state index in [1.165, 1.54) is 32.4 Å². The average Bonchev–Trinajstić information content (AvgIpc) is 2.51. The molecule has 130 valence electrons. The minimum absolute atomic E-state index is 0.00390. The monoisotopic (exact) mass is 344 g/mol. The van der Waals surface area contributed by atoms with Gasteiger partial charge >= 0.3 is 5.97 Å². The number of rotatable bonds is 8. The average molecular weight is 344 g/mol. The van der Waals surface area contributed by atoms with Gasteiger partial charge in [0.2, 0.25) is 10.0 Å². The summed E-state index contributed by atoms with van der Waals surface area (Å²) in [5, 5.41) is 0. The molecule has 0 fully saturated rings. The highest BCUT2D eigenvalue weighted by molar-refractivity contribution is 7.89. The van der Waals surface area contributed by atoms with Crippen LogP contribution in [-0.4, -0.2) is 41.2 Å². The van der Waals surface area contributed by atoms with Gasteiger partial charge < -0.3 is 15.2 Å². The third-order valence-electron chi connectivity index (χ3n) is 3.25. The lowest BCUT2D eigenvalue weighted by Crippen LogP contribution is -2.41. The van der Waals surface area contributed by atoms with Crippen LogP contribution in [0.4, 0.5) is 0 Å². The molecule has 0 aromatic heterocycles. The van der Waals surface area contributed by atoms with Crippen molar-refractivity contribution in [3.8, 4) is 5.75 Å². The normalized spacial score (nSPS) is 13.0. The largest absolute Gasteiger partial charge is 0.496 e. The van der Waals surface area contributed by atoms with E-state index >= 15 is 0 Å². The van der Waals surface area contributed by atoms with Crippen molar-refractivity contribution in [3.05, 3.63) is 23.8 Å². The SMILES string of the molecule is COC(=O)c1ccc(S(=O)(=O)NC(CN)CC(C)C)cc1OC. The summed E-state index contributed by atoms with van der Waals surface area (Å²) in [6, 6.07) is 3.63. The zero-order valence-corrected chi connectivity index (χ0v) is 14.6. The van der Waals surface area contributed by atoms with Crippen LogP contribution in [0.1, 0.15) is 30.6 Å². The quantitative estimate of drug-likeness (QED) is 0.685. The number of sulfonamides is 1. The molecule has 3 N–H and O–H groups in total. The van der Waals surface area contributed by atoms with Crippen LogP contribution in [-0.2, 0) is 14.8 Å². The van der Waals surface area contributed by atoms with Gasteiger partial charge in [-0.1, -0.05) is 13.8 Å². The molecular formula is C15H24N2O5S. The maximum absolute atomic E-state index is 12.5. The van der Waals surface area contributed by atoms with E-state index in [4.69, 9.17) is 10.5 Å². The van der Waals surface area contributed by atoms with Gasteiger partial charge in [0.25, 0.3) is 0 Å². The lowest BCUT2D eigenvalue weighted by molar-refractivity contribution is 0.0597. The van der Waals surface area contributed by atoms with Crippen molar-refractivity contribution in [3.63, 3.8) is 0 Å². The second-order valence-electron chi connectivity index (χ2n) is 5.54. The summed E-state index contributed by atoms with van der Waals surface area (Å²) in [5.41, 5.74) is 5.79. The van der Waals surface area contributed by atoms with Gasteiger partial charge in [0.05, 0.1) is 19.1 Å². The van der Waals surface area contributed by atoms with Crippen LogP contribution in [0.25, 0.3) is 0 Å². The molecule has 0 spiro atoms. The number of carbonyl (C=O) groups excluding carboxylic acids is 1. The number of ether oxygens (including phenoxy) is 2. The Kier molecular flexibility index (Phi) is 6.99. The smallest absolute Gasteiger partial charge is 0.341 e. The molecule has 7 nitrogen and oxygen atoms in total. The van der Waals surface area contributed by atoms with Gasteiger partial charge in [0.15, 0.2) is 0 Å². The van der Waals surface area contributed by atoms with Crippen molar-refractivity contribution in [1.82, 2.24) is 4.72 Å². The Labute approximate surface area is 137 Å². The van der Waals surface area contributed by atoms with Crippen molar-refractivity contribution in [2.45, 2.75) is 31.2 Å². The van der Waals surface area contributed by atoms with Crippen LogP contribution >= 0.6 is 0 Å². The summed E-state index contributed by atoms with van der Waals surface area (Å²) in [6.45, 7) is 4.19. The van der Waals surface area contributed by atoms with Crippen LogP contribution in [0.15, 0.2) is 23.1 Å². The first-order valence-corrected chi connectivity index (χ1v) is 8.72. The second kappa shape index (κ2) is 8.28. The summed E-state index contributed by atoms with van der Waals surface area (Å²) in [6.07, 6.45) is 0.632. The second-order valence-corrected chi connectivity index (χ2v) is 7.25. The number of hydrogen-bond acceptors (Lipinski definition) is 6. The van der Waals surface area contributed by atoms with Crippen LogP contribution in [0.3, 0.4) is 0 Å². The van der Waals surface area contributed by atoms with E-state index in [1.807, 2.05) is 13.8 Å². The van der Waals surface area contributed by atoms with Gasteiger partial charge in [-0.15, -0.1) is 0 Å². The topological polar surface area (TPSA) is 108 Å². The Morgan fingerprint density at radius 3 is 2.43 bits per heavy atom. The molecule has 0 heterocycles. The fourth-order valence-corrected chi connectivity index (χ4v) is 3.44. The minimum Gasteiger partial charge on any atom is -0.496 e. The Morgan fingerprint density at radius 2 is 1.96 bits per heavy atom. The van der Waals surface area contributed by atoms with Gasteiger partial charge in [0.1, 0.15) is 11.3 Å². The molecule has 1 aromatic carbocycles. The van der Waals surface area contributed by atoms with E-state index in [1.54, 1.807) is 0 Å². The standard InChI is InChI=1S/C15H24N2O5S/c1-10(2)7-11(9-16)17-23(19,20)12-5-6-13(15(18)22-4)14(8-12)21-3/h5-6,8,10-11,17H,7,9,16H2,1-4H3. The lowest BCUT2D eigenvalue weighted by atomic mass is 10.1. The lowest BCUT2D eigenvalue weighted by Gasteiger charge is -2.19. The third kappa shape index (κ3) is 5.19. The van der Waals surface area contributed by atoms with Crippen LogP contribution in [0, 0.1) is 5.92 Å². The first kappa shape index (κ1) is 19.4. The van der Waals surface area contributed by atoms with Gasteiger partial charge in [-0.2, -0.15) is 0 Å². The van der Waals surface area contributed by atoms with Gasteiger partial charge in [-0.3, -0.25) is 0 Å². The number of methoxy groups -OCH3 is 2. The molecule has 1 aromatic rings. The van der Waals surface area contributed by atoms with Crippen LogP contribution < -0.4 is 15.2 Å².